The number of nitrogens with zero attached hydrogens (tertiary/aromatic N) is 2. The molecule has 0 bridgehead atoms. The lowest BCUT2D eigenvalue weighted by Gasteiger charge is -2.35. The summed E-state index contributed by atoms with van der Waals surface area (Å²) in [6, 6.07) is 6.39. The van der Waals surface area contributed by atoms with Crippen LogP contribution >= 0.6 is 0 Å². The fourth-order valence-electron chi connectivity index (χ4n) is 5.11. The molecule has 0 spiro atoms. The van der Waals surface area contributed by atoms with Gasteiger partial charge in [0.05, 0.1) is 24.8 Å². The minimum absolute atomic E-state index is 0.0323. The number of rotatable bonds is 8. The third kappa shape index (κ3) is 6.58. The zero-order valence-electron chi connectivity index (χ0n) is 20.7. The largest absolute Gasteiger partial charge is 0.454 e. The molecule has 2 fully saturated rings. The van der Waals surface area contributed by atoms with Crippen LogP contribution in [0.5, 0.6) is 11.5 Å². The maximum atomic E-state index is 12.3. The Bertz CT molecular complexity index is 864. The second kappa shape index (κ2) is 12.3. The number of nitrogens with one attached hydrogen (secondary N) is 1. The van der Waals surface area contributed by atoms with Crippen LogP contribution in [0.25, 0.3) is 0 Å². The van der Waals surface area contributed by atoms with E-state index in [-0.39, 0.29) is 18.1 Å². The smallest absolute Gasteiger partial charge is 0.231 e. The molecule has 7 nitrogen and oxygen atoms in total. The molecule has 4 rings (SSSR count). The molecule has 1 aromatic rings. The van der Waals surface area contributed by atoms with Crippen molar-refractivity contribution in [3.05, 3.63) is 18.2 Å². The highest BCUT2D eigenvalue weighted by molar-refractivity contribution is 5.76. The molecule has 0 aromatic heterocycles. The van der Waals surface area contributed by atoms with Gasteiger partial charge < -0.3 is 24.4 Å². The van der Waals surface area contributed by atoms with E-state index in [9.17, 15) is 4.79 Å². The Kier molecular flexibility index (Phi) is 8.95. The van der Waals surface area contributed by atoms with Crippen LogP contribution in [-0.4, -0.2) is 69.6 Å². The van der Waals surface area contributed by atoms with Crippen LogP contribution < -0.4 is 19.7 Å². The quantitative estimate of drug-likeness (QED) is 0.589. The Morgan fingerprint density at radius 1 is 1.18 bits per heavy atom. The van der Waals surface area contributed by atoms with Crippen molar-refractivity contribution in [1.82, 2.24) is 10.2 Å². The highest BCUT2D eigenvalue weighted by atomic mass is 16.7. The van der Waals surface area contributed by atoms with Gasteiger partial charge in [-0.15, -0.1) is 0 Å². The molecule has 1 aliphatic carbocycles. The van der Waals surface area contributed by atoms with Gasteiger partial charge in [0, 0.05) is 45.2 Å². The van der Waals surface area contributed by atoms with E-state index in [1.165, 1.54) is 0 Å². The monoisotopic (exact) mass is 469 g/mol. The van der Waals surface area contributed by atoms with Crippen LogP contribution in [0.15, 0.2) is 18.2 Å². The maximum absolute atomic E-state index is 12.3. The van der Waals surface area contributed by atoms with Crippen LogP contribution in [-0.2, 0) is 9.53 Å². The lowest BCUT2D eigenvalue weighted by Crippen LogP contribution is -2.46. The van der Waals surface area contributed by atoms with E-state index in [0.717, 1.165) is 88.4 Å². The topological polar surface area (TPSA) is 63.3 Å². The summed E-state index contributed by atoms with van der Waals surface area (Å²) in [5, 5.41) is 3.21. The number of hydrogen-bond acceptors (Lipinski definition) is 6. The fourth-order valence-corrected chi connectivity index (χ4v) is 5.11. The molecule has 1 saturated carbocycles. The first-order valence-electron chi connectivity index (χ1n) is 12.8. The average molecular weight is 470 g/mol. The first-order valence-corrected chi connectivity index (χ1v) is 12.8. The number of piperazine rings is 1. The second-order valence-corrected chi connectivity index (χ2v) is 9.56. The Morgan fingerprint density at radius 3 is 2.71 bits per heavy atom. The molecule has 186 valence electrons. The number of carbonyl (C=O) groups is 1. The van der Waals surface area contributed by atoms with E-state index in [1.54, 1.807) is 7.11 Å². The van der Waals surface area contributed by atoms with Crippen LogP contribution in [0, 0.1) is 17.8 Å². The van der Waals surface area contributed by atoms with Crippen molar-refractivity contribution >= 4 is 11.6 Å². The summed E-state index contributed by atoms with van der Waals surface area (Å²) in [6.45, 7) is 7.18. The number of methoxy groups -OCH3 is 1. The number of hydrogen-bond donors (Lipinski definition) is 1. The standard InChI is InChI=1S/C27H39N3O4/c1-3-6-23(32-2)19-26(31)28-22-12-10-21(11-13-22)7-5-14-29-15-17-30(18-16-29)24-8-4-9-25-27(24)34-20-33-25/h4,8-9,21-23H,3,6,10-20H2,1-2H3,(H,28,31). The molecule has 1 N–H and O–H groups in total. The minimum atomic E-state index is 0.0323. The molecule has 1 atom stereocenters. The van der Waals surface area contributed by atoms with Gasteiger partial charge in [-0.3, -0.25) is 9.69 Å². The van der Waals surface area contributed by atoms with Crippen LogP contribution in [0.1, 0.15) is 51.9 Å². The van der Waals surface area contributed by atoms with Crippen molar-refractivity contribution in [2.75, 3.05) is 51.5 Å². The summed E-state index contributed by atoms with van der Waals surface area (Å²) in [5.74, 6) is 9.23. The second-order valence-electron chi connectivity index (χ2n) is 9.56. The summed E-state index contributed by atoms with van der Waals surface area (Å²) in [7, 11) is 1.69. The van der Waals surface area contributed by atoms with Crippen LogP contribution in [0.2, 0.25) is 0 Å². The van der Waals surface area contributed by atoms with Crippen molar-refractivity contribution in [3.8, 4) is 23.3 Å². The molecule has 3 aliphatic rings. The first-order chi connectivity index (χ1) is 16.7. The molecular weight excluding hydrogens is 430 g/mol. The lowest BCUT2D eigenvalue weighted by atomic mass is 9.86. The van der Waals surface area contributed by atoms with E-state index >= 15 is 0 Å². The van der Waals surface area contributed by atoms with Crippen molar-refractivity contribution in [3.63, 3.8) is 0 Å². The molecule has 2 aliphatic heterocycles. The van der Waals surface area contributed by atoms with Gasteiger partial charge in [-0.2, -0.15) is 0 Å². The van der Waals surface area contributed by atoms with E-state index in [2.05, 4.69) is 39.9 Å². The van der Waals surface area contributed by atoms with E-state index in [1.807, 2.05) is 12.1 Å². The SMILES string of the molecule is CCCC(CC(=O)NC1CCC(C#CCN2CCN(c3cccc4c3OCO4)CC2)CC1)OC. The van der Waals surface area contributed by atoms with Gasteiger partial charge in [-0.05, 0) is 44.2 Å². The number of anilines is 1. The predicted octanol–water partition coefficient (Wildman–Crippen LogP) is 3.42. The molecule has 34 heavy (non-hydrogen) atoms. The highest BCUT2D eigenvalue weighted by Crippen LogP contribution is 2.41. The first kappa shape index (κ1) is 24.7. The van der Waals surface area contributed by atoms with Gasteiger partial charge in [0.25, 0.3) is 0 Å². The summed E-state index contributed by atoms with van der Waals surface area (Å²) >= 11 is 0. The Balaban J connectivity index is 1.14. The lowest BCUT2D eigenvalue weighted by molar-refractivity contribution is -0.124. The third-order valence-electron chi connectivity index (χ3n) is 7.15. The number of amides is 1. The van der Waals surface area contributed by atoms with Gasteiger partial charge in [-0.1, -0.05) is 31.3 Å². The predicted molar refractivity (Wildman–Crippen MR) is 133 cm³/mol. The minimum Gasteiger partial charge on any atom is -0.454 e. The van der Waals surface area contributed by atoms with E-state index < -0.39 is 0 Å². The molecule has 1 aromatic carbocycles. The number of carbonyl (C=O) groups excluding carboxylic acids is 1. The van der Waals surface area contributed by atoms with E-state index in [0.29, 0.717) is 19.1 Å². The van der Waals surface area contributed by atoms with Gasteiger partial charge in [0.1, 0.15) is 0 Å². The van der Waals surface area contributed by atoms with E-state index in [4.69, 9.17) is 14.2 Å². The fraction of sp³-hybridized carbons (Fsp3) is 0.667. The molecule has 1 amide bonds. The van der Waals surface area contributed by atoms with Gasteiger partial charge >= 0.3 is 0 Å². The highest BCUT2D eigenvalue weighted by Gasteiger charge is 2.25. The summed E-state index contributed by atoms with van der Waals surface area (Å²) in [6.07, 6.45) is 6.62. The summed E-state index contributed by atoms with van der Waals surface area (Å²) in [4.78, 5) is 17.1. The molecule has 0 radical (unpaired) electrons. The molecule has 1 unspecified atom stereocenters. The normalized spacial score (nSPS) is 23.2. The van der Waals surface area contributed by atoms with Crippen molar-refractivity contribution in [1.29, 1.82) is 0 Å². The molecular formula is C27H39N3O4. The van der Waals surface area contributed by atoms with Crippen molar-refractivity contribution < 1.29 is 19.0 Å². The summed E-state index contributed by atoms with van der Waals surface area (Å²) in [5.41, 5.74) is 1.13. The number of para-hydroxylation sites is 1. The molecule has 2 heterocycles. The zero-order chi connectivity index (χ0) is 23.8. The number of fused-ring (bicyclic) bond motifs is 1. The van der Waals surface area contributed by atoms with Gasteiger partial charge in [0.2, 0.25) is 12.7 Å². The van der Waals surface area contributed by atoms with Gasteiger partial charge in [-0.25, -0.2) is 0 Å². The maximum Gasteiger partial charge on any atom is 0.231 e. The number of benzene rings is 1. The number of ether oxygens (including phenoxy) is 3. The van der Waals surface area contributed by atoms with Crippen molar-refractivity contribution in [2.45, 2.75) is 64.0 Å². The van der Waals surface area contributed by atoms with Gasteiger partial charge in [0.15, 0.2) is 11.5 Å². The molecule has 7 heteroatoms. The zero-order valence-corrected chi connectivity index (χ0v) is 20.7. The van der Waals surface area contributed by atoms with Crippen LogP contribution in [0.3, 0.4) is 0 Å². The summed E-state index contributed by atoms with van der Waals surface area (Å²) < 4.78 is 16.6. The van der Waals surface area contributed by atoms with Crippen LogP contribution in [0.4, 0.5) is 5.69 Å². The Hall–Kier alpha value is -2.43. The van der Waals surface area contributed by atoms with Crippen molar-refractivity contribution in [2.24, 2.45) is 5.92 Å². The third-order valence-corrected chi connectivity index (χ3v) is 7.15. The Labute approximate surface area is 204 Å². The molecule has 1 saturated heterocycles. The Morgan fingerprint density at radius 2 is 1.97 bits per heavy atom. The average Bonchev–Trinajstić information content (AvgIpc) is 3.34.